The highest BCUT2D eigenvalue weighted by Gasteiger charge is 2.01. The van der Waals surface area contributed by atoms with Gasteiger partial charge in [0.2, 0.25) is 0 Å². The second-order valence-corrected chi connectivity index (χ2v) is 4.42. The molecule has 1 aromatic rings. The van der Waals surface area contributed by atoms with Gasteiger partial charge in [-0.1, -0.05) is 29.9 Å². The third-order valence-electron chi connectivity index (χ3n) is 1.97. The standard InChI is InChI=1S/C11H14ClN3OS/c12-8-3-1-4-9(7-8)15-11(16)14-6-2-5-10(13)17/h1,3-4,7H,2,5-6H2,(H2,13,17)(H2,14,15,16). The van der Waals surface area contributed by atoms with Crippen molar-refractivity contribution in [3.8, 4) is 0 Å². The fourth-order valence-electron chi connectivity index (χ4n) is 1.21. The van der Waals surface area contributed by atoms with Crippen LogP contribution in [0.3, 0.4) is 0 Å². The van der Waals surface area contributed by atoms with Crippen LogP contribution < -0.4 is 16.4 Å². The summed E-state index contributed by atoms with van der Waals surface area (Å²) in [7, 11) is 0. The molecule has 1 rings (SSSR count). The van der Waals surface area contributed by atoms with E-state index in [1.165, 1.54) is 0 Å². The lowest BCUT2D eigenvalue weighted by atomic mass is 10.3. The zero-order valence-electron chi connectivity index (χ0n) is 9.20. The van der Waals surface area contributed by atoms with Crippen LogP contribution in [-0.2, 0) is 0 Å². The molecule has 0 atom stereocenters. The molecule has 0 aliphatic heterocycles. The predicted molar refractivity (Wildman–Crippen MR) is 74.5 cm³/mol. The van der Waals surface area contributed by atoms with Gasteiger partial charge in [-0.3, -0.25) is 0 Å². The summed E-state index contributed by atoms with van der Waals surface area (Å²) in [5.74, 6) is 0. The maximum absolute atomic E-state index is 11.4. The van der Waals surface area contributed by atoms with E-state index in [0.29, 0.717) is 28.7 Å². The van der Waals surface area contributed by atoms with Gasteiger partial charge in [0.15, 0.2) is 0 Å². The van der Waals surface area contributed by atoms with Crippen LogP contribution in [-0.4, -0.2) is 17.6 Å². The molecule has 0 radical (unpaired) electrons. The Bertz CT molecular complexity index is 411. The Morgan fingerprint density at radius 1 is 1.47 bits per heavy atom. The summed E-state index contributed by atoms with van der Waals surface area (Å²) in [6, 6.07) is 6.68. The van der Waals surface area contributed by atoms with Crippen LogP contribution in [0.25, 0.3) is 0 Å². The van der Waals surface area contributed by atoms with E-state index in [0.717, 1.165) is 6.42 Å². The van der Waals surface area contributed by atoms with E-state index in [-0.39, 0.29) is 6.03 Å². The van der Waals surface area contributed by atoms with Crippen molar-refractivity contribution in [3.63, 3.8) is 0 Å². The molecule has 4 N–H and O–H groups in total. The number of carbonyl (C=O) groups is 1. The molecule has 0 saturated heterocycles. The number of rotatable bonds is 5. The van der Waals surface area contributed by atoms with Crippen molar-refractivity contribution in [1.82, 2.24) is 5.32 Å². The van der Waals surface area contributed by atoms with E-state index in [1.807, 2.05) is 0 Å². The summed E-state index contributed by atoms with van der Waals surface area (Å²) in [5.41, 5.74) is 5.99. The molecule has 0 saturated carbocycles. The molecule has 0 aromatic heterocycles. The number of benzene rings is 1. The number of thiocarbonyl (C=S) groups is 1. The number of nitrogens with two attached hydrogens (primary N) is 1. The number of urea groups is 1. The first-order valence-electron chi connectivity index (χ1n) is 5.16. The monoisotopic (exact) mass is 271 g/mol. The summed E-state index contributed by atoms with van der Waals surface area (Å²) >= 11 is 10.5. The minimum absolute atomic E-state index is 0.268. The van der Waals surface area contributed by atoms with Gasteiger partial charge in [0.25, 0.3) is 0 Å². The van der Waals surface area contributed by atoms with E-state index in [2.05, 4.69) is 10.6 Å². The third-order valence-corrected chi connectivity index (χ3v) is 2.41. The quantitative estimate of drug-likeness (QED) is 0.569. The summed E-state index contributed by atoms with van der Waals surface area (Å²) in [6.07, 6.45) is 1.37. The zero-order valence-corrected chi connectivity index (χ0v) is 10.8. The van der Waals surface area contributed by atoms with Crippen LogP contribution in [0.2, 0.25) is 5.02 Å². The van der Waals surface area contributed by atoms with Gasteiger partial charge in [0.05, 0.1) is 4.99 Å². The molecule has 0 heterocycles. The van der Waals surface area contributed by atoms with Gasteiger partial charge in [0, 0.05) is 17.3 Å². The van der Waals surface area contributed by atoms with Gasteiger partial charge in [-0.2, -0.15) is 0 Å². The third kappa shape index (κ3) is 6.09. The number of carbonyl (C=O) groups excluding carboxylic acids is 1. The fourth-order valence-corrected chi connectivity index (χ4v) is 1.54. The minimum Gasteiger partial charge on any atom is -0.393 e. The molecule has 0 fully saturated rings. The van der Waals surface area contributed by atoms with Crippen LogP contribution in [0.4, 0.5) is 10.5 Å². The van der Waals surface area contributed by atoms with Crippen molar-refractivity contribution in [2.45, 2.75) is 12.8 Å². The predicted octanol–water partition coefficient (Wildman–Crippen LogP) is 2.53. The minimum atomic E-state index is -0.268. The highest BCUT2D eigenvalue weighted by atomic mass is 35.5. The van der Waals surface area contributed by atoms with Crippen LogP contribution in [0.5, 0.6) is 0 Å². The van der Waals surface area contributed by atoms with Crippen LogP contribution in [0, 0.1) is 0 Å². The molecular weight excluding hydrogens is 258 g/mol. The molecular formula is C11H14ClN3OS. The molecule has 0 bridgehead atoms. The first-order valence-corrected chi connectivity index (χ1v) is 5.95. The van der Waals surface area contributed by atoms with Crippen molar-refractivity contribution >= 4 is 40.5 Å². The van der Waals surface area contributed by atoms with Crippen LogP contribution in [0.1, 0.15) is 12.8 Å². The van der Waals surface area contributed by atoms with Crippen molar-refractivity contribution in [2.24, 2.45) is 5.73 Å². The maximum Gasteiger partial charge on any atom is 0.319 e. The second kappa shape index (κ2) is 7.09. The Morgan fingerprint density at radius 3 is 2.88 bits per heavy atom. The van der Waals surface area contributed by atoms with Crippen LogP contribution in [0.15, 0.2) is 24.3 Å². The molecule has 6 heteroatoms. The summed E-state index contributed by atoms with van der Waals surface area (Å²) in [6.45, 7) is 0.531. The fraction of sp³-hybridized carbons (Fsp3) is 0.273. The average molecular weight is 272 g/mol. The maximum atomic E-state index is 11.4. The lowest BCUT2D eigenvalue weighted by molar-refractivity contribution is 0.252. The topological polar surface area (TPSA) is 67.1 Å². The Balaban J connectivity index is 2.27. The Labute approximate surface area is 111 Å². The molecule has 1 aromatic carbocycles. The number of amides is 2. The van der Waals surface area contributed by atoms with Gasteiger partial charge >= 0.3 is 6.03 Å². The zero-order chi connectivity index (χ0) is 12.7. The molecule has 2 amide bonds. The van der Waals surface area contributed by atoms with Gasteiger partial charge in [-0.15, -0.1) is 0 Å². The SMILES string of the molecule is NC(=S)CCCNC(=O)Nc1cccc(Cl)c1. The highest BCUT2D eigenvalue weighted by Crippen LogP contribution is 2.14. The van der Waals surface area contributed by atoms with E-state index in [9.17, 15) is 4.79 Å². The molecule has 0 unspecified atom stereocenters. The second-order valence-electron chi connectivity index (χ2n) is 3.46. The largest absolute Gasteiger partial charge is 0.393 e. The Hall–Kier alpha value is -1.33. The molecule has 0 aliphatic carbocycles. The molecule has 92 valence electrons. The van der Waals surface area contributed by atoms with Crippen LogP contribution >= 0.6 is 23.8 Å². The van der Waals surface area contributed by atoms with Gasteiger partial charge in [0.1, 0.15) is 0 Å². The molecule has 0 spiro atoms. The van der Waals surface area contributed by atoms with Crippen molar-refractivity contribution in [3.05, 3.63) is 29.3 Å². The van der Waals surface area contributed by atoms with E-state index >= 15 is 0 Å². The Kier molecular flexibility index (Phi) is 5.72. The van der Waals surface area contributed by atoms with E-state index in [1.54, 1.807) is 24.3 Å². The smallest absolute Gasteiger partial charge is 0.319 e. The number of anilines is 1. The first kappa shape index (κ1) is 13.7. The lowest BCUT2D eigenvalue weighted by Gasteiger charge is -2.07. The first-order chi connectivity index (χ1) is 8.08. The highest BCUT2D eigenvalue weighted by molar-refractivity contribution is 7.80. The number of nitrogens with one attached hydrogen (secondary N) is 2. The lowest BCUT2D eigenvalue weighted by Crippen LogP contribution is -2.30. The van der Waals surface area contributed by atoms with Crippen molar-refractivity contribution in [1.29, 1.82) is 0 Å². The number of hydrogen-bond acceptors (Lipinski definition) is 2. The number of halogens is 1. The molecule has 17 heavy (non-hydrogen) atoms. The van der Waals surface area contributed by atoms with E-state index < -0.39 is 0 Å². The molecule has 0 aliphatic rings. The number of hydrogen-bond donors (Lipinski definition) is 3. The Morgan fingerprint density at radius 2 is 2.24 bits per heavy atom. The average Bonchev–Trinajstić information content (AvgIpc) is 2.24. The summed E-state index contributed by atoms with van der Waals surface area (Å²) in [5, 5.41) is 5.95. The van der Waals surface area contributed by atoms with Gasteiger partial charge < -0.3 is 16.4 Å². The summed E-state index contributed by atoms with van der Waals surface area (Å²) in [4.78, 5) is 11.9. The van der Waals surface area contributed by atoms with Gasteiger partial charge in [-0.25, -0.2) is 4.79 Å². The normalized spacial score (nSPS) is 9.71. The van der Waals surface area contributed by atoms with Gasteiger partial charge in [-0.05, 0) is 31.0 Å². The van der Waals surface area contributed by atoms with Crippen molar-refractivity contribution in [2.75, 3.05) is 11.9 Å². The van der Waals surface area contributed by atoms with E-state index in [4.69, 9.17) is 29.6 Å². The summed E-state index contributed by atoms with van der Waals surface area (Å²) < 4.78 is 0. The van der Waals surface area contributed by atoms with Crippen molar-refractivity contribution < 1.29 is 4.79 Å². The molecule has 4 nitrogen and oxygen atoms in total.